The van der Waals surface area contributed by atoms with Crippen LogP contribution in [0.25, 0.3) is 11.6 Å². The molecule has 1 nitrogen and oxygen atoms in total. The maximum absolute atomic E-state index is 13.7. The molecular weight excluding hydrogens is 299 g/mol. The van der Waals surface area contributed by atoms with Gasteiger partial charge in [-0.3, -0.25) is 0 Å². The van der Waals surface area contributed by atoms with E-state index in [9.17, 15) is 9.50 Å². The Morgan fingerprint density at radius 3 is 1.96 bits per heavy atom. The van der Waals surface area contributed by atoms with Gasteiger partial charge in [0.05, 0.1) is 0 Å². The van der Waals surface area contributed by atoms with E-state index in [0.29, 0.717) is 5.56 Å². The molecule has 0 heterocycles. The Balaban J connectivity index is 1.97. The van der Waals surface area contributed by atoms with Gasteiger partial charge >= 0.3 is 0 Å². The third-order valence-electron chi connectivity index (χ3n) is 4.49. The Kier molecular flexibility index (Phi) is 3.66. The lowest BCUT2D eigenvalue weighted by Crippen LogP contribution is -1.92. The number of phenols is 1. The quantitative estimate of drug-likeness (QED) is 0.652. The van der Waals surface area contributed by atoms with Crippen LogP contribution in [-0.2, 0) is 12.8 Å². The van der Waals surface area contributed by atoms with Crippen molar-refractivity contribution in [1.82, 2.24) is 0 Å². The van der Waals surface area contributed by atoms with Gasteiger partial charge in [-0.05, 0) is 64.4 Å². The fraction of sp³-hybridized carbons (Fsp3) is 0.0909. The molecule has 1 aliphatic rings. The van der Waals surface area contributed by atoms with Crippen LogP contribution in [-0.4, -0.2) is 5.11 Å². The van der Waals surface area contributed by atoms with Crippen molar-refractivity contribution in [2.75, 3.05) is 0 Å². The van der Waals surface area contributed by atoms with Crippen molar-refractivity contribution in [1.29, 1.82) is 0 Å². The van der Waals surface area contributed by atoms with E-state index < -0.39 is 5.82 Å². The summed E-state index contributed by atoms with van der Waals surface area (Å²) in [6.07, 6.45) is 3.93. The minimum atomic E-state index is -0.433. The fourth-order valence-electron chi connectivity index (χ4n) is 3.42. The molecule has 0 fully saturated rings. The Labute approximate surface area is 140 Å². The summed E-state index contributed by atoms with van der Waals surface area (Å²) in [6.45, 7) is 0. The molecule has 0 bridgehead atoms. The van der Waals surface area contributed by atoms with Crippen LogP contribution < -0.4 is 0 Å². The normalized spacial score (nSPS) is 13.0. The molecule has 24 heavy (non-hydrogen) atoms. The van der Waals surface area contributed by atoms with Gasteiger partial charge in [0.15, 0.2) is 0 Å². The first kappa shape index (κ1) is 14.7. The molecule has 0 spiro atoms. The lowest BCUT2D eigenvalue weighted by molar-refractivity contribution is 0.469. The van der Waals surface area contributed by atoms with Gasteiger partial charge in [0.1, 0.15) is 11.6 Å². The van der Waals surface area contributed by atoms with Crippen LogP contribution in [0.5, 0.6) is 5.75 Å². The smallest absolute Gasteiger partial charge is 0.127 e. The monoisotopic (exact) mass is 316 g/mol. The summed E-state index contributed by atoms with van der Waals surface area (Å²) in [5.41, 5.74) is 6.66. The first-order valence-corrected chi connectivity index (χ1v) is 8.08. The standard InChI is InChI=1S/C22H17FO/c23-18-11-15(12-19(24)14-18)13-22-20-7-3-1-5-16(20)9-10-17-6-2-4-8-21(17)22/h1-8,11-14,24H,9-10H2. The van der Waals surface area contributed by atoms with Crippen molar-refractivity contribution in [2.45, 2.75) is 12.8 Å². The summed E-state index contributed by atoms with van der Waals surface area (Å²) in [4.78, 5) is 0. The molecular formula is C22H17FO. The number of phenolic OH excluding ortho intramolecular Hbond substituents is 1. The van der Waals surface area contributed by atoms with Crippen LogP contribution in [0.3, 0.4) is 0 Å². The molecule has 0 radical (unpaired) electrons. The number of hydrogen-bond acceptors (Lipinski definition) is 1. The molecule has 118 valence electrons. The average molecular weight is 316 g/mol. The lowest BCUT2D eigenvalue weighted by atomic mass is 9.92. The highest BCUT2D eigenvalue weighted by atomic mass is 19.1. The summed E-state index contributed by atoms with van der Waals surface area (Å²) in [5.74, 6) is -0.492. The third kappa shape index (κ3) is 2.71. The number of rotatable bonds is 1. The summed E-state index contributed by atoms with van der Waals surface area (Å²) >= 11 is 0. The zero-order valence-corrected chi connectivity index (χ0v) is 13.2. The van der Waals surface area contributed by atoms with Crippen molar-refractivity contribution in [2.24, 2.45) is 0 Å². The van der Waals surface area contributed by atoms with Gasteiger partial charge in [-0.15, -0.1) is 0 Å². The highest BCUT2D eigenvalue weighted by Gasteiger charge is 2.17. The van der Waals surface area contributed by atoms with E-state index in [0.717, 1.165) is 24.5 Å². The van der Waals surface area contributed by atoms with Gasteiger partial charge in [0.25, 0.3) is 0 Å². The molecule has 0 amide bonds. The Morgan fingerprint density at radius 2 is 1.38 bits per heavy atom. The maximum atomic E-state index is 13.7. The molecule has 2 heteroatoms. The topological polar surface area (TPSA) is 20.2 Å². The summed E-state index contributed by atoms with van der Waals surface area (Å²) in [5, 5.41) is 9.70. The number of aryl methyl sites for hydroxylation is 2. The molecule has 1 aliphatic carbocycles. The second-order valence-corrected chi connectivity index (χ2v) is 6.12. The number of hydrogen-bond donors (Lipinski definition) is 1. The number of halogens is 1. The van der Waals surface area contributed by atoms with E-state index in [2.05, 4.69) is 36.4 Å². The number of benzene rings is 3. The summed E-state index contributed by atoms with van der Waals surface area (Å²) in [6, 6.07) is 20.9. The highest BCUT2D eigenvalue weighted by molar-refractivity contribution is 5.94. The van der Waals surface area contributed by atoms with Crippen molar-refractivity contribution in [3.8, 4) is 5.75 Å². The van der Waals surface area contributed by atoms with Crippen LogP contribution >= 0.6 is 0 Å². The van der Waals surface area contributed by atoms with Crippen molar-refractivity contribution in [3.63, 3.8) is 0 Å². The molecule has 0 aromatic heterocycles. The van der Waals surface area contributed by atoms with Crippen molar-refractivity contribution < 1.29 is 9.50 Å². The van der Waals surface area contributed by atoms with Gasteiger partial charge in [-0.25, -0.2) is 4.39 Å². The minimum absolute atomic E-state index is 0.0583. The summed E-state index contributed by atoms with van der Waals surface area (Å²) < 4.78 is 13.7. The minimum Gasteiger partial charge on any atom is -0.508 e. The van der Waals surface area contributed by atoms with Crippen LogP contribution in [0.4, 0.5) is 4.39 Å². The van der Waals surface area contributed by atoms with Gasteiger partial charge in [0, 0.05) is 6.07 Å². The lowest BCUT2D eigenvalue weighted by Gasteiger charge is -2.12. The van der Waals surface area contributed by atoms with E-state index in [-0.39, 0.29) is 5.75 Å². The first-order chi connectivity index (χ1) is 11.7. The predicted octanol–water partition coefficient (Wildman–Crippen LogP) is 5.22. The molecule has 3 aromatic carbocycles. The maximum Gasteiger partial charge on any atom is 0.127 e. The molecule has 4 rings (SSSR count). The largest absolute Gasteiger partial charge is 0.508 e. The Morgan fingerprint density at radius 1 is 0.792 bits per heavy atom. The van der Waals surface area contributed by atoms with E-state index in [4.69, 9.17) is 0 Å². The zero-order valence-electron chi connectivity index (χ0n) is 13.2. The van der Waals surface area contributed by atoms with E-state index in [1.807, 2.05) is 18.2 Å². The second-order valence-electron chi connectivity index (χ2n) is 6.12. The van der Waals surface area contributed by atoms with E-state index in [1.54, 1.807) is 6.07 Å². The van der Waals surface area contributed by atoms with Gasteiger partial charge in [-0.2, -0.15) is 0 Å². The molecule has 0 atom stereocenters. The van der Waals surface area contributed by atoms with Gasteiger partial charge in [0.2, 0.25) is 0 Å². The highest BCUT2D eigenvalue weighted by Crippen LogP contribution is 2.35. The summed E-state index contributed by atoms with van der Waals surface area (Å²) in [7, 11) is 0. The molecule has 0 aliphatic heterocycles. The van der Waals surface area contributed by atoms with Crippen molar-refractivity contribution in [3.05, 3.63) is 100 Å². The Hall–Kier alpha value is -2.87. The fourth-order valence-corrected chi connectivity index (χ4v) is 3.42. The number of fused-ring (bicyclic) bond motifs is 2. The molecule has 0 saturated carbocycles. The Bertz CT molecular complexity index is 870. The predicted molar refractivity (Wildman–Crippen MR) is 95.3 cm³/mol. The molecule has 0 saturated heterocycles. The van der Waals surface area contributed by atoms with Crippen LogP contribution in [0, 0.1) is 5.82 Å². The van der Waals surface area contributed by atoms with Crippen LogP contribution in [0.2, 0.25) is 0 Å². The van der Waals surface area contributed by atoms with E-state index >= 15 is 0 Å². The van der Waals surface area contributed by atoms with E-state index in [1.165, 1.54) is 28.3 Å². The molecule has 0 unspecified atom stereocenters. The van der Waals surface area contributed by atoms with Gasteiger partial charge in [-0.1, -0.05) is 48.5 Å². The van der Waals surface area contributed by atoms with Gasteiger partial charge < -0.3 is 5.11 Å². The van der Waals surface area contributed by atoms with Crippen molar-refractivity contribution >= 4 is 11.6 Å². The zero-order chi connectivity index (χ0) is 16.5. The SMILES string of the molecule is Oc1cc(F)cc(C=C2c3ccccc3CCc3ccccc32)c1. The average Bonchev–Trinajstić information content (AvgIpc) is 2.72. The first-order valence-electron chi connectivity index (χ1n) is 8.08. The third-order valence-corrected chi connectivity index (χ3v) is 4.49. The van der Waals surface area contributed by atoms with Crippen LogP contribution in [0.1, 0.15) is 27.8 Å². The van der Waals surface area contributed by atoms with Crippen LogP contribution in [0.15, 0.2) is 66.7 Å². The number of aromatic hydroxyl groups is 1. The molecule has 3 aromatic rings. The molecule has 1 N–H and O–H groups in total. The second kappa shape index (κ2) is 5.97.